The van der Waals surface area contributed by atoms with Crippen LogP contribution in [0.4, 0.5) is 0 Å². The second kappa shape index (κ2) is 18.0. The van der Waals surface area contributed by atoms with E-state index < -0.39 is 0 Å². The summed E-state index contributed by atoms with van der Waals surface area (Å²) in [5, 5.41) is 7.57. The maximum absolute atomic E-state index is 7.57. The summed E-state index contributed by atoms with van der Waals surface area (Å²) in [5.74, 6) is 0. The van der Waals surface area contributed by atoms with Crippen LogP contribution in [0, 0.1) is 0 Å². The van der Waals surface area contributed by atoms with Crippen molar-refractivity contribution in [2.75, 3.05) is 6.61 Å². The Balaban J connectivity index is -0.0000000200. The molecule has 0 bridgehead atoms. The van der Waals surface area contributed by atoms with Gasteiger partial charge in [-0.3, -0.25) is 0 Å². The largest absolute Gasteiger partial charge is 0.397 e. The minimum absolute atomic E-state index is 0. The van der Waals surface area contributed by atoms with Gasteiger partial charge in [0, 0.05) is 51.6 Å². The molecule has 0 fully saturated rings. The van der Waals surface area contributed by atoms with Gasteiger partial charge in [0.05, 0.1) is 0 Å². The predicted molar refractivity (Wildman–Crippen MR) is 18.5 cm³/mol. The van der Waals surface area contributed by atoms with Crippen molar-refractivity contribution < 1.29 is 26.2 Å². The third-order valence-electron chi connectivity index (χ3n) is 0. The Labute approximate surface area is 63.4 Å². The zero-order valence-corrected chi connectivity index (χ0v) is 8.10. The summed E-state index contributed by atoms with van der Waals surface area (Å²) in [6.07, 6.45) is 0. The topological polar surface area (TPSA) is 20.2 Å². The van der Waals surface area contributed by atoms with E-state index in [2.05, 4.69) is 0 Å². The average Bonchev–Trinajstić information content (AvgIpc) is 0.918. The number of hydrogen-bond acceptors (Lipinski definition) is 1. The molecule has 0 saturated heterocycles. The smallest absolute Gasteiger partial charge is 0.0402 e. The first-order valence-electron chi connectivity index (χ1n) is 1.02. The van der Waals surface area contributed by atoms with Gasteiger partial charge in [-0.2, -0.15) is 0 Å². The van der Waals surface area contributed by atoms with E-state index in [-0.39, 0.29) is 51.6 Å². The molecule has 0 aromatic heterocycles. The van der Waals surface area contributed by atoms with Gasteiger partial charge in [-0.1, -0.05) is 0 Å². The van der Waals surface area contributed by atoms with Gasteiger partial charge in [-0.05, 0) is 6.92 Å². The van der Waals surface area contributed by atoms with E-state index in [1.54, 1.807) is 6.92 Å². The molecular weight excluding hydrogens is 354 g/mol. The Bertz CT molecular complexity index is 9.61. The zero-order valence-electron chi connectivity index (χ0n) is 2.97. The Morgan fingerprint density at radius 1 is 1.60 bits per heavy atom. The van der Waals surface area contributed by atoms with Gasteiger partial charge in [-0.25, -0.2) is 0 Å². The van der Waals surface area contributed by atoms with E-state index in [1.165, 1.54) is 0 Å². The van der Waals surface area contributed by atoms with Gasteiger partial charge in [0.15, 0.2) is 0 Å². The third-order valence-corrected chi connectivity index (χ3v) is 0. The van der Waals surface area contributed by atoms with E-state index >= 15 is 0 Å². The van der Waals surface area contributed by atoms with E-state index in [9.17, 15) is 0 Å². The molecule has 0 aliphatic carbocycles. The molecule has 4 radical (unpaired) electrons. The normalized spacial score (nSPS) is 3.60. The predicted octanol–water partition coefficient (Wildman–Crippen LogP) is -0.385. The van der Waals surface area contributed by atoms with Crippen LogP contribution >= 0.6 is 0 Å². The van der Waals surface area contributed by atoms with E-state index in [0.29, 0.717) is 0 Å². The maximum Gasteiger partial charge on any atom is 0.0402 e. The molecule has 3 heteroatoms. The molecule has 0 aliphatic heterocycles. The summed E-state index contributed by atoms with van der Waals surface area (Å²) in [5.41, 5.74) is 0. The molecule has 0 amide bonds. The fourth-order valence-corrected chi connectivity index (χ4v) is 0. The molecule has 5 heavy (non-hydrogen) atoms. The fraction of sp³-hybridized carbons (Fsp3) is 1.00. The minimum Gasteiger partial charge on any atom is -0.397 e. The van der Waals surface area contributed by atoms with Gasteiger partial charge >= 0.3 is 0 Å². The Morgan fingerprint density at radius 3 is 1.60 bits per heavy atom. The quantitative estimate of drug-likeness (QED) is 0.584. The van der Waals surface area contributed by atoms with E-state index in [0.717, 1.165) is 0 Å². The molecular formula is C2H6OPtSn. The molecule has 0 heterocycles. The van der Waals surface area contributed by atoms with Gasteiger partial charge in [-0.15, -0.1) is 0 Å². The molecule has 0 spiro atoms. The van der Waals surface area contributed by atoms with Gasteiger partial charge < -0.3 is 5.11 Å². The average molecular weight is 360 g/mol. The van der Waals surface area contributed by atoms with E-state index in [1.807, 2.05) is 0 Å². The van der Waals surface area contributed by atoms with Crippen molar-refractivity contribution in [1.29, 1.82) is 0 Å². The fourth-order valence-electron chi connectivity index (χ4n) is 0. The number of aliphatic hydroxyl groups is 1. The Kier molecular flexibility index (Phi) is 57.9. The molecule has 0 rings (SSSR count). The van der Waals surface area contributed by atoms with Crippen LogP contribution in [0.15, 0.2) is 0 Å². The van der Waals surface area contributed by atoms with Crippen LogP contribution in [0.2, 0.25) is 0 Å². The molecule has 1 N–H and O–H groups in total. The molecule has 0 aromatic rings. The number of rotatable bonds is 0. The summed E-state index contributed by atoms with van der Waals surface area (Å²) in [6, 6.07) is 0. The monoisotopic (exact) mass is 361 g/mol. The van der Waals surface area contributed by atoms with Crippen molar-refractivity contribution in [3.8, 4) is 0 Å². The van der Waals surface area contributed by atoms with Crippen molar-refractivity contribution in [3.05, 3.63) is 0 Å². The van der Waals surface area contributed by atoms with Crippen LogP contribution in [0.3, 0.4) is 0 Å². The van der Waals surface area contributed by atoms with Crippen LogP contribution in [0.25, 0.3) is 0 Å². The SMILES string of the molecule is CCO.[Pt].[Sn]. The summed E-state index contributed by atoms with van der Waals surface area (Å²) < 4.78 is 0. The summed E-state index contributed by atoms with van der Waals surface area (Å²) in [4.78, 5) is 0. The maximum atomic E-state index is 7.57. The van der Waals surface area contributed by atoms with Crippen molar-refractivity contribution >= 4 is 23.9 Å². The summed E-state index contributed by atoms with van der Waals surface area (Å²) in [7, 11) is 0. The molecule has 0 saturated carbocycles. The second-order valence-electron chi connectivity index (χ2n) is 0.316. The minimum atomic E-state index is 0. The van der Waals surface area contributed by atoms with Crippen LogP contribution < -0.4 is 0 Å². The van der Waals surface area contributed by atoms with Gasteiger partial charge in [0.1, 0.15) is 0 Å². The van der Waals surface area contributed by atoms with Gasteiger partial charge in [0.2, 0.25) is 0 Å². The van der Waals surface area contributed by atoms with Crippen molar-refractivity contribution in [3.63, 3.8) is 0 Å². The zero-order chi connectivity index (χ0) is 2.71. The molecule has 0 unspecified atom stereocenters. The molecule has 34 valence electrons. The first kappa shape index (κ1) is 16.1. The number of hydrogen-bond donors (Lipinski definition) is 1. The van der Waals surface area contributed by atoms with Crippen LogP contribution in [-0.4, -0.2) is 35.6 Å². The van der Waals surface area contributed by atoms with Crippen LogP contribution in [0.5, 0.6) is 0 Å². The summed E-state index contributed by atoms with van der Waals surface area (Å²) >= 11 is 0. The van der Waals surface area contributed by atoms with Crippen molar-refractivity contribution in [1.82, 2.24) is 0 Å². The first-order valence-corrected chi connectivity index (χ1v) is 1.02. The third kappa shape index (κ3) is 30.9. The van der Waals surface area contributed by atoms with Crippen LogP contribution in [0.1, 0.15) is 6.92 Å². The molecule has 1 nitrogen and oxygen atoms in total. The molecule has 0 atom stereocenters. The second-order valence-corrected chi connectivity index (χ2v) is 0.316. The number of aliphatic hydroxyl groups excluding tert-OH is 1. The van der Waals surface area contributed by atoms with Crippen molar-refractivity contribution in [2.45, 2.75) is 6.92 Å². The Hall–Kier alpha value is 1.45. The van der Waals surface area contributed by atoms with Crippen molar-refractivity contribution in [2.24, 2.45) is 0 Å². The summed E-state index contributed by atoms with van der Waals surface area (Å²) in [6.45, 7) is 1.93. The van der Waals surface area contributed by atoms with Crippen LogP contribution in [-0.2, 0) is 21.1 Å². The molecule has 0 aromatic carbocycles. The Morgan fingerprint density at radius 2 is 1.60 bits per heavy atom. The van der Waals surface area contributed by atoms with Gasteiger partial charge in [0.25, 0.3) is 0 Å². The first-order chi connectivity index (χ1) is 1.41. The van der Waals surface area contributed by atoms with E-state index in [4.69, 9.17) is 5.11 Å². The molecule has 0 aliphatic rings. The standard InChI is InChI=1S/C2H6O.Pt.Sn/c1-2-3;;/h3H,2H2,1H3;;.